The lowest BCUT2D eigenvalue weighted by Crippen LogP contribution is -2.47. The van der Waals surface area contributed by atoms with E-state index in [1.54, 1.807) is 19.2 Å². The summed E-state index contributed by atoms with van der Waals surface area (Å²) in [4.78, 5) is 8.39. The predicted molar refractivity (Wildman–Crippen MR) is 101 cm³/mol. The van der Waals surface area contributed by atoms with Gasteiger partial charge < -0.3 is 20.1 Å². The molecule has 1 aromatic rings. The van der Waals surface area contributed by atoms with Crippen LogP contribution in [-0.2, 0) is 11.3 Å². The van der Waals surface area contributed by atoms with Crippen molar-refractivity contribution < 1.29 is 22.6 Å². The molecule has 1 heterocycles. The summed E-state index contributed by atoms with van der Waals surface area (Å²) in [5, 5.41) is 6.53. The number of alkyl halides is 3. The average Bonchev–Trinajstić information content (AvgIpc) is 2.63. The molecule has 0 aromatic carbocycles. The molecule has 1 saturated carbocycles. The van der Waals surface area contributed by atoms with Gasteiger partial charge in [-0.3, -0.25) is 0 Å². The summed E-state index contributed by atoms with van der Waals surface area (Å²) in [6.07, 6.45) is 1.51. The van der Waals surface area contributed by atoms with Crippen LogP contribution in [0.15, 0.2) is 23.3 Å². The van der Waals surface area contributed by atoms with Gasteiger partial charge in [-0.25, -0.2) is 9.98 Å². The minimum Gasteiger partial charge on any atom is -0.468 e. The number of rotatable bonds is 10. The number of ether oxygens (including phenoxy) is 2. The lowest BCUT2D eigenvalue weighted by atomic mass is 9.67. The van der Waals surface area contributed by atoms with Crippen molar-refractivity contribution in [2.45, 2.75) is 45.3 Å². The molecule has 6 nitrogen and oxygen atoms in total. The van der Waals surface area contributed by atoms with Crippen molar-refractivity contribution >= 4 is 5.96 Å². The van der Waals surface area contributed by atoms with Crippen molar-refractivity contribution in [3.63, 3.8) is 0 Å². The van der Waals surface area contributed by atoms with E-state index in [1.807, 2.05) is 6.92 Å². The van der Waals surface area contributed by atoms with E-state index in [2.05, 4.69) is 20.6 Å². The van der Waals surface area contributed by atoms with Crippen molar-refractivity contribution in [3.8, 4) is 5.88 Å². The Bertz CT molecular complexity index is 634. The number of nitrogens with zero attached hydrogens (tertiary/aromatic N) is 2. The minimum atomic E-state index is -4.41. The van der Waals surface area contributed by atoms with Crippen molar-refractivity contribution in [2.24, 2.45) is 10.4 Å². The molecule has 28 heavy (non-hydrogen) atoms. The van der Waals surface area contributed by atoms with E-state index in [4.69, 9.17) is 9.47 Å². The molecule has 1 aromatic heterocycles. The second kappa shape index (κ2) is 10.5. The standard InChI is InChI=1S/C19H29F3N4O2/c1-3-23-17(26-13-18(7-5-8-18)9-11-27-2)25-12-15-6-4-10-24-16(15)28-14-19(20,21)22/h4,6,10H,3,5,7-9,11-14H2,1-2H3,(H2,23,25,26). The summed E-state index contributed by atoms with van der Waals surface area (Å²) in [5.74, 6) is 0.576. The fraction of sp³-hybridized carbons (Fsp3) is 0.684. The Morgan fingerprint density at radius 2 is 2.11 bits per heavy atom. The molecule has 0 unspecified atom stereocenters. The van der Waals surface area contributed by atoms with Gasteiger partial charge >= 0.3 is 6.18 Å². The molecular formula is C19H29F3N4O2. The Morgan fingerprint density at radius 1 is 1.32 bits per heavy atom. The van der Waals surface area contributed by atoms with E-state index in [9.17, 15) is 13.2 Å². The highest BCUT2D eigenvalue weighted by molar-refractivity contribution is 5.79. The molecule has 0 bridgehead atoms. The van der Waals surface area contributed by atoms with Crippen LogP contribution in [0.1, 0.15) is 38.2 Å². The summed E-state index contributed by atoms with van der Waals surface area (Å²) in [7, 11) is 1.71. The predicted octanol–water partition coefficient (Wildman–Crippen LogP) is 3.28. The molecule has 0 radical (unpaired) electrons. The van der Waals surface area contributed by atoms with Gasteiger partial charge in [-0.1, -0.05) is 12.5 Å². The third kappa shape index (κ3) is 7.18. The van der Waals surface area contributed by atoms with Gasteiger partial charge in [0.05, 0.1) is 6.54 Å². The van der Waals surface area contributed by atoms with Crippen LogP contribution in [0, 0.1) is 5.41 Å². The zero-order valence-corrected chi connectivity index (χ0v) is 16.4. The van der Waals surface area contributed by atoms with Crippen LogP contribution in [0.5, 0.6) is 5.88 Å². The first-order valence-electron chi connectivity index (χ1n) is 9.52. The van der Waals surface area contributed by atoms with Gasteiger partial charge in [0, 0.05) is 38.6 Å². The van der Waals surface area contributed by atoms with Gasteiger partial charge in [0.1, 0.15) is 0 Å². The maximum atomic E-state index is 12.4. The van der Waals surface area contributed by atoms with Crippen LogP contribution in [0.3, 0.4) is 0 Å². The second-order valence-corrected chi connectivity index (χ2v) is 7.02. The number of aliphatic imine (C=N–C) groups is 1. The lowest BCUT2D eigenvalue weighted by Gasteiger charge is -2.42. The van der Waals surface area contributed by atoms with Crippen LogP contribution in [-0.4, -0.2) is 50.5 Å². The number of guanidine groups is 1. The number of methoxy groups -OCH3 is 1. The lowest BCUT2D eigenvalue weighted by molar-refractivity contribution is -0.154. The van der Waals surface area contributed by atoms with Gasteiger partial charge in [-0.05, 0) is 37.7 Å². The summed E-state index contributed by atoms with van der Waals surface area (Å²) in [6.45, 7) is 2.95. The molecule has 1 aliphatic carbocycles. The van der Waals surface area contributed by atoms with Gasteiger partial charge in [-0.2, -0.15) is 13.2 Å². The van der Waals surface area contributed by atoms with Crippen molar-refractivity contribution in [3.05, 3.63) is 23.9 Å². The fourth-order valence-electron chi connectivity index (χ4n) is 3.11. The SMILES string of the molecule is CCNC(=NCc1cccnc1OCC(F)(F)F)NCC1(CCOC)CCC1. The third-order valence-electron chi connectivity index (χ3n) is 4.86. The van der Waals surface area contributed by atoms with Gasteiger partial charge in [-0.15, -0.1) is 0 Å². The Morgan fingerprint density at radius 3 is 2.71 bits per heavy atom. The van der Waals surface area contributed by atoms with E-state index < -0.39 is 12.8 Å². The first-order chi connectivity index (χ1) is 13.4. The maximum Gasteiger partial charge on any atom is 0.422 e. The van der Waals surface area contributed by atoms with Crippen LogP contribution < -0.4 is 15.4 Å². The topological polar surface area (TPSA) is 67.8 Å². The Labute approximate surface area is 163 Å². The summed E-state index contributed by atoms with van der Waals surface area (Å²) >= 11 is 0. The molecule has 0 saturated heterocycles. The number of hydrogen-bond acceptors (Lipinski definition) is 4. The molecule has 0 spiro atoms. The third-order valence-corrected chi connectivity index (χ3v) is 4.86. The molecule has 1 aliphatic rings. The zero-order chi connectivity index (χ0) is 20.5. The van der Waals surface area contributed by atoms with Gasteiger partial charge in [0.25, 0.3) is 0 Å². The maximum absolute atomic E-state index is 12.4. The number of pyridine rings is 1. The summed E-state index contributed by atoms with van der Waals surface area (Å²) in [6, 6.07) is 3.32. The molecule has 0 amide bonds. The van der Waals surface area contributed by atoms with E-state index in [0.29, 0.717) is 18.1 Å². The summed E-state index contributed by atoms with van der Waals surface area (Å²) < 4.78 is 47.3. The van der Waals surface area contributed by atoms with Crippen molar-refractivity contribution in [2.75, 3.05) is 33.4 Å². The Hall–Kier alpha value is -2.03. The van der Waals surface area contributed by atoms with E-state index in [0.717, 1.165) is 32.4 Å². The van der Waals surface area contributed by atoms with E-state index in [1.165, 1.54) is 12.6 Å². The zero-order valence-electron chi connectivity index (χ0n) is 16.4. The number of nitrogens with one attached hydrogen (secondary N) is 2. The smallest absolute Gasteiger partial charge is 0.422 e. The molecule has 2 N–H and O–H groups in total. The summed E-state index contributed by atoms with van der Waals surface area (Å²) in [5.41, 5.74) is 0.725. The van der Waals surface area contributed by atoms with Crippen molar-refractivity contribution in [1.29, 1.82) is 0 Å². The number of hydrogen-bond donors (Lipinski definition) is 2. The molecule has 1 fully saturated rings. The molecule has 0 atom stereocenters. The Balaban J connectivity index is 1.98. The molecule has 0 aliphatic heterocycles. The first-order valence-corrected chi connectivity index (χ1v) is 9.52. The van der Waals surface area contributed by atoms with Crippen LogP contribution in [0.2, 0.25) is 0 Å². The highest BCUT2D eigenvalue weighted by Gasteiger charge is 2.36. The van der Waals surface area contributed by atoms with E-state index in [-0.39, 0.29) is 17.8 Å². The first kappa shape index (κ1) is 22.3. The van der Waals surface area contributed by atoms with Crippen molar-refractivity contribution in [1.82, 2.24) is 15.6 Å². The molecule has 9 heteroatoms. The normalized spacial score (nSPS) is 16.4. The highest BCUT2D eigenvalue weighted by Crippen LogP contribution is 2.43. The van der Waals surface area contributed by atoms with Gasteiger partial charge in [0.15, 0.2) is 12.6 Å². The monoisotopic (exact) mass is 402 g/mol. The van der Waals surface area contributed by atoms with Gasteiger partial charge in [0.2, 0.25) is 5.88 Å². The highest BCUT2D eigenvalue weighted by atomic mass is 19.4. The minimum absolute atomic E-state index is 0.0463. The van der Waals surface area contributed by atoms with Crippen LogP contribution >= 0.6 is 0 Å². The fourth-order valence-corrected chi connectivity index (χ4v) is 3.11. The van der Waals surface area contributed by atoms with E-state index >= 15 is 0 Å². The number of aromatic nitrogens is 1. The van der Waals surface area contributed by atoms with Crippen LogP contribution in [0.25, 0.3) is 0 Å². The molecule has 158 valence electrons. The molecule has 2 rings (SSSR count). The average molecular weight is 402 g/mol. The van der Waals surface area contributed by atoms with Crippen LogP contribution in [0.4, 0.5) is 13.2 Å². The number of halogens is 3. The molecular weight excluding hydrogens is 373 g/mol. The quantitative estimate of drug-likeness (QED) is 0.464. The largest absolute Gasteiger partial charge is 0.468 e. The second-order valence-electron chi connectivity index (χ2n) is 7.02. The Kier molecular flexibility index (Phi) is 8.35.